The molecule has 4 heteroatoms. The van der Waals surface area contributed by atoms with Crippen LogP contribution in [-0.4, -0.2) is 16.9 Å². The van der Waals surface area contributed by atoms with Crippen molar-refractivity contribution in [2.45, 2.75) is 46.1 Å². The molecule has 19 heavy (non-hydrogen) atoms. The Kier molecular flexibility index (Phi) is 4.08. The molecule has 1 aliphatic carbocycles. The van der Waals surface area contributed by atoms with Gasteiger partial charge in [0.2, 0.25) is 0 Å². The fraction of sp³-hybridized carbons (Fsp3) is 0.600. The largest absolute Gasteiger partial charge is 0.364 e. The summed E-state index contributed by atoms with van der Waals surface area (Å²) < 4.78 is 0. The second kappa shape index (κ2) is 5.59. The lowest BCUT2D eigenvalue weighted by Crippen LogP contribution is -2.39. The SMILES string of the molecule is CCC1CCC(NC(=O)c2c[nH]c(C)cc2=O)C1C. The zero-order valence-electron chi connectivity index (χ0n) is 11.8. The van der Waals surface area contributed by atoms with Gasteiger partial charge in [0.15, 0.2) is 5.43 Å². The Balaban J connectivity index is 2.08. The van der Waals surface area contributed by atoms with E-state index >= 15 is 0 Å². The van der Waals surface area contributed by atoms with Crippen LogP contribution in [0.5, 0.6) is 0 Å². The monoisotopic (exact) mass is 262 g/mol. The summed E-state index contributed by atoms with van der Waals surface area (Å²) in [5, 5.41) is 3.01. The first kappa shape index (κ1) is 13.8. The molecular formula is C15H22N2O2. The first-order chi connectivity index (χ1) is 9.02. The van der Waals surface area contributed by atoms with Gasteiger partial charge in [0.05, 0.1) is 0 Å². The number of rotatable bonds is 3. The van der Waals surface area contributed by atoms with Gasteiger partial charge in [-0.05, 0) is 31.6 Å². The number of aromatic amines is 1. The van der Waals surface area contributed by atoms with Gasteiger partial charge in [-0.25, -0.2) is 0 Å². The smallest absolute Gasteiger partial charge is 0.256 e. The van der Waals surface area contributed by atoms with Gasteiger partial charge in [-0.15, -0.1) is 0 Å². The molecular weight excluding hydrogens is 240 g/mol. The number of aryl methyl sites for hydroxylation is 1. The van der Waals surface area contributed by atoms with E-state index in [0.717, 1.165) is 25.0 Å². The molecule has 1 fully saturated rings. The van der Waals surface area contributed by atoms with Crippen molar-refractivity contribution in [2.24, 2.45) is 11.8 Å². The Morgan fingerprint density at radius 2 is 2.21 bits per heavy atom. The lowest BCUT2D eigenvalue weighted by Gasteiger charge is -2.20. The molecule has 1 saturated carbocycles. The molecule has 4 nitrogen and oxygen atoms in total. The number of carbonyl (C=O) groups excluding carboxylic acids is 1. The first-order valence-electron chi connectivity index (χ1n) is 7.03. The molecule has 2 N–H and O–H groups in total. The van der Waals surface area contributed by atoms with Crippen LogP contribution >= 0.6 is 0 Å². The quantitative estimate of drug-likeness (QED) is 0.877. The summed E-state index contributed by atoms with van der Waals surface area (Å²) in [4.78, 5) is 26.8. The molecule has 0 radical (unpaired) electrons. The topological polar surface area (TPSA) is 62.0 Å². The maximum atomic E-state index is 12.1. The molecule has 0 spiro atoms. The normalized spacial score (nSPS) is 26.4. The molecule has 3 atom stereocenters. The average Bonchev–Trinajstić information content (AvgIpc) is 2.70. The third-order valence-electron chi connectivity index (χ3n) is 4.37. The van der Waals surface area contributed by atoms with Crippen LogP contribution in [0.25, 0.3) is 0 Å². The zero-order chi connectivity index (χ0) is 14.0. The highest BCUT2D eigenvalue weighted by Gasteiger charge is 2.32. The maximum absolute atomic E-state index is 12.1. The van der Waals surface area contributed by atoms with Crippen LogP contribution in [0.15, 0.2) is 17.1 Å². The van der Waals surface area contributed by atoms with E-state index in [4.69, 9.17) is 0 Å². The van der Waals surface area contributed by atoms with E-state index in [0.29, 0.717) is 11.8 Å². The number of nitrogens with one attached hydrogen (secondary N) is 2. The van der Waals surface area contributed by atoms with E-state index in [1.165, 1.54) is 12.3 Å². The Bertz CT molecular complexity index is 521. The fourth-order valence-electron chi connectivity index (χ4n) is 3.02. The molecule has 0 aliphatic heterocycles. The van der Waals surface area contributed by atoms with Crippen molar-refractivity contribution < 1.29 is 4.79 Å². The van der Waals surface area contributed by atoms with E-state index in [1.807, 2.05) is 0 Å². The predicted octanol–water partition coefficient (Wildman–Crippen LogP) is 2.24. The molecule has 1 aromatic rings. The van der Waals surface area contributed by atoms with Gasteiger partial charge in [-0.1, -0.05) is 20.3 Å². The second-order valence-corrected chi connectivity index (χ2v) is 5.58. The summed E-state index contributed by atoms with van der Waals surface area (Å²) in [6.07, 6.45) is 4.82. The highest BCUT2D eigenvalue weighted by atomic mass is 16.2. The number of pyridine rings is 1. The third kappa shape index (κ3) is 2.88. The van der Waals surface area contributed by atoms with Crippen molar-refractivity contribution in [1.29, 1.82) is 0 Å². The fourth-order valence-corrected chi connectivity index (χ4v) is 3.02. The number of hydrogen-bond donors (Lipinski definition) is 2. The summed E-state index contributed by atoms with van der Waals surface area (Å²) in [5.41, 5.74) is 0.756. The minimum Gasteiger partial charge on any atom is -0.364 e. The molecule has 0 aromatic carbocycles. The number of aromatic nitrogens is 1. The van der Waals surface area contributed by atoms with Crippen molar-refractivity contribution >= 4 is 5.91 Å². The Labute approximate surface area is 113 Å². The van der Waals surface area contributed by atoms with Gasteiger partial charge in [0.25, 0.3) is 5.91 Å². The summed E-state index contributed by atoms with van der Waals surface area (Å²) >= 11 is 0. The molecule has 0 saturated heterocycles. The summed E-state index contributed by atoms with van der Waals surface area (Å²) in [7, 11) is 0. The predicted molar refractivity (Wildman–Crippen MR) is 75.2 cm³/mol. The summed E-state index contributed by atoms with van der Waals surface area (Å²) in [5.74, 6) is 0.912. The van der Waals surface area contributed by atoms with Crippen LogP contribution in [-0.2, 0) is 0 Å². The van der Waals surface area contributed by atoms with Gasteiger partial charge in [-0.3, -0.25) is 9.59 Å². The summed E-state index contributed by atoms with van der Waals surface area (Å²) in [6, 6.07) is 1.65. The van der Waals surface area contributed by atoms with Crippen molar-refractivity contribution in [3.05, 3.63) is 33.7 Å². The van der Waals surface area contributed by atoms with Crippen molar-refractivity contribution in [3.8, 4) is 0 Å². The highest BCUT2D eigenvalue weighted by Crippen LogP contribution is 2.33. The Hall–Kier alpha value is -1.58. The van der Waals surface area contributed by atoms with Gasteiger partial charge in [0.1, 0.15) is 5.56 Å². The van der Waals surface area contributed by atoms with E-state index in [-0.39, 0.29) is 22.9 Å². The van der Waals surface area contributed by atoms with E-state index in [9.17, 15) is 9.59 Å². The van der Waals surface area contributed by atoms with E-state index in [2.05, 4.69) is 24.1 Å². The average molecular weight is 262 g/mol. The molecule has 2 rings (SSSR count). The van der Waals surface area contributed by atoms with Crippen LogP contribution in [0.1, 0.15) is 49.2 Å². The van der Waals surface area contributed by atoms with E-state index in [1.54, 1.807) is 6.92 Å². The third-order valence-corrected chi connectivity index (χ3v) is 4.37. The van der Waals surface area contributed by atoms with Gasteiger partial charge < -0.3 is 10.3 Å². The minimum absolute atomic E-state index is 0.193. The standard InChI is InChI=1S/C15H22N2O2/c1-4-11-5-6-13(10(11)3)17-15(19)12-8-16-9(2)7-14(12)18/h7-8,10-11,13H,4-6H2,1-3H3,(H,16,18)(H,17,19). The molecule has 104 valence electrons. The lowest BCUT2D eigenvalue weighted by atomic mass is 9.93. The highest BCUT2D eigenvalue weighted by molar-refractivity contribution is 5.94. The molecule has 3 unspecified atom stereocenters. The van der Waals surface area contributed by atoms with Crippen LogP contribution in [0.3, 0.4) is 0 Å². The van der Waals surface area contributed by atoms with Gasteiger partial charge >= 0.3 is 0 Å². The Morgan fingerprint density at radius 1 is 1.47 bits per heavy atom. The van der Waals surface area contributed by atoms with Crippen LogP contribution in [0, 0.1) is 18.8 Å². The number of carbonyl (C=O) groups is 1. The maximum Gasteiger partial charge on any atom is 0.256 e. The molecule has 0 bridgehead atoms. The van der Waals surface area contributed by atoms with Gasteiger partial charge in [-0.2, -0.15) is 0 Å². The van der Waals surface area contributed by atoms with Crippen molar-refractivity contribution in [3.63, 3.8) is 0 Å². The molecule has 1 heterocycles. The lowest BCUT2D eigenvalue weighted by molar-refractivity contribution is 0.0925. The van der Waals surface area contributed by atoms with E-state index < -0.39 is 0 Å². The zero-order valence-corrected chi connectivity index (χ0v) is 11.8. The second-order valence-electron chi connectivity index (χ2n) is 5.58. The number of H-pyrrole nitrogens is 1. The van der Waals surface area contributed by atoms with Crippen LogP contribution < -0.4 is 10.7 Å². The number of hydrogen-bond acceptors (Lipinski definition) is 2. The minimum atomic E-state index is -0.255. The number of amides is 1. The van der Waals surface area contributed by atoms with Crippen LogP contribution in [0.2, 0.25) is 0 Å². The summed E-state index contributed by atoms with van der Waals surface area (Å²) in [6.45, 7) is 6.18. The first-order valence-corrected chi connectivity index (χ1v) is 7.03. The molecule has 1 aliphatic rings. The molecule has 1 amide bonds. The van der Waals surface area contributed by atoms with Crippen molar-refractivity contribution in [1.82, 2.24) is 10.3 Å². The van der Waals surface area contributed by atoms with Crippen molar-refractivity contribution in [2.75, 3.05) is 0 Å². The van der Waals surface area contributed by atoms with Gasteiger partial charge in [0, 0.05) is 24.0 Å². The Morgan fingerprint density at radius 3 is 2.79 bits per heavy atom. The van der Waals surface area contributed by atoms with Crippen LogP contribution in [0.4, 0.5) is 0 Å². The molecule has 1 aromatic heterocycles.